The third-order valence-corrected chi connectivity index (χ3v) is 9.55. The van der Waals surface area contributed by atoms with E-state index in [9.17, 15) is 9.59 Å². The molecule has 4 aliphatic heterocycles. The molecule has 1 aromatic carbocycles. The third-order valence-electron chi connectivity index (χ3n) is 8.63. The fourth-order valence-corrected chi connectivity index (χ4v) is 7.34. The lowest BCUT2D eigenvalue weighted by Gasteiger charge is -2.44. The number of carbonyl (C=O) groups excluding carboxylic acids is 2. The summed E-state index contributed by atoms with van der Waals surface area (Å²) < 4.78 is 11.2. The molecular weight excluding hydrogens is 574 g/mol. The topological polar surface area (TPSA) is 77.9 Å². The quantitative estimate of drug-likeness (QED) is 0.381. The van der Waals surface area contributed by atoms with Crippen LogP contribution in [-0.2, 0) is 17.8 Å². The van der Waals surface area contributed by atoms with E-state index in [1.807, 2.05) is 86.0 Å². The van der Waals surface area contributed by atoms with Crippen molar-refractivity contribution in [1.82, 2.24) is 19.7 Å². The van der Waals surface area contributed by atoms with Crippen LogP contribution in [0.15, 0.2) is 58.3 Å². The van der Waals surface area contributed by atoms with Crippen LogP contribution in [0.4, 0.5) is 4.79 Å². The van der Waals surface area contributed by atoms with Crippen LogP contribution in [-0.4, -0.2) is 83.8 Å². The van der Waals surface area contributed by atoms with E-state index in [2.05, 4.69) is 12.1 Å². The molecule has 0 unspecified atom stereocenters. The summed E-state index contributed by atoms with van der Waals surface area (Å²) in [6.45, 7) is 12.3. The van der Waals surface area contributed by atoms with Gasteiger partial charge in [0.2, 0.25) is 0 Å². The molecule has 1 spiro atoms. The van der Waals surface area contributed by atoms with Crippen LogP contribution >= 0.6 is 11.3 Å². The molecule has 2 aromatic rings. The van der Waals surface area contributed by atoms with Gasteiger partial charge in [0.05, 0.1) is 36.9 Å². The van der Waals surface area contributed by atoms with E-state index in [0.717, 1.165) is 33.2 Å². The number of carbonyl (C=O) groups is 2. The molecule has 9 nitrogen and oxygen atoms in total. The zero-order chi connectivity index (χ0) is 32.0. The van der Waals surface area contributed by atoms with Gasteiger partial charge < -0.3 is 19.3 Å². The molecule has 0 saturated carbocycles. The standard InChI is InChI=1S/C30H35N5O4S.2C2H6/c1-5-35-29(37)34-19-20-17-21(38-3)18-25(39-4)22(20)8-11-27(34)30(35)12-14-33(15-13-30)28(36)24-10-9-23(31-32(24)2)26-7-6-16-40-26;2*1-2/h6-7,10-11,16-18H,5,8-9,12-15,19H2,1-4H3;2*1-2H3. The van der Waals surface area contributed by atoms with Crippen molar-refractivity contribution in [2.24, 2.45) is 5.10 Å². The van der Waals surface area contributed by atoms with E-state index in [0.29, 0.717) is 63.3 Å². The van der Waals surface area contributed by atoms with Crippen LogP contribution in [0.3, 0.4) is 0 Å². The number of benzene rings is 1. The molecule has 3 amide bonds. The fourth-order valence-electron chi connectivity index (χ4n) is 6.62. The zero-order valence-electron chi connectivity index (χ0n) is 27.5. The summed E-state index contributed by atoms with van der Waals surface area (Å²) in [5, 5.41) is 8.44. The molecule has 2 saturated heterocycles. The van der Waals surface area contributed by atoms with Gasteiger partial charge in [-0.2, -0.15) is 5.10 Å². The lowest BCUT2D eigenvalue weighted by molar-refractivity contribution is -0.130. The largest absolute Gasteiger partial charge is 0.497 e. The van der Waals surface area contributed by atoms with Crippen LogP contribution in [0.1, 0.15) is 69.9 Å². The molecule has 0 bridgehead atoms. The number of allylic oxidation sites excluding steroid dienone is 2. The molecule has 6 rings (SSSR count). The molecule has 0 atom stereocenters. The van der Waals surface area contributed by atoms with Gasteiger partial charge in [-0.15, -0.1) is 11.3 Å². The van der Waals surface area contributed by atoms with E-state index < -0.39 is 5.54 Å². The van der Waals surface area contributed by atoms with Gasteiger partial charge in [0.25, 0.3) is 5.91 Å². The summed E-state index contributed by atoms with van der Waals surface area (Å²) in [5.74, 6) is 1.49. The number of rotatable bonds is 5. The second-order valence-corrected chi connectivity index (χ2v) is 11.5. The van der Waals surface area contributed by atoms with Gasteiger partial charge in [0.15, 0.2) is 0 Å². The van der Waals surface area contributed by atoms with Crippen LogP contribution in [0.5, 0.6) is 11.5 Å². The first-order chi connectivity index (χ1) is 21.4. The SMILES string of the molecule is CC.CC.CCN1C(=O)N2Cc3cc(OC)cc(OC)c3CC=C2C12CCN(C(=O)C1=CCC(c3cccs3)=NN1C)CC2. The maximum Gasteiger partial charge on any atom is 0.325 e. The summed E-state index contributed by atoms with van der Waals surface area (Å²) in [6, 6.07) is 8.00. The predicted octanol–water partition coefficient (Wildman–Crippen LogP) is 6.50. The molecule has 0 aliphatic carbocycles. The van der Waals surface area contributed by atoms with Crippen molar-refractivity contribution in [3.8, 4) is 11.5 Å². The number of likely N-dealkylation sites (tertiary alicyclic amines) is 1. The summed E-state index contributed by atoms with van der Waals surface area (Å²) in [7, 11) is 5.15. The van der Waals surface area contributed by atoms with Gasteiger partial charge in [-0.05, 0) is 55.3 Å². The van der Waals surface area contributed by atoms with E-state index in [-0.39, 0.29) is 11.9 Å². The highest BCUT2D eigenvalue weighted by Gasteiger charge is 2.55. The molecule has 238 valence electrons. The van der Waals surface area contributed by atoms with Gasteiger partial charge in [-0.3, -0.25) is 14.7 Å². The Hall–Kier alpha value is -3.79. The van der Waals surface area contributed by atoms with E-state index >= 15 is 0 Å². The molecule has 5 heterocycles. The Morgan fingerprint density at radius 3 is 2.36 bits per heavy atom. The highest BCUT2D eigenvalue weighted by atomic mass is 32.1. The van der Waals surface area contributed by atoms with Gasteiger partial charge in [-0.1, -0.05) is 39.8 Å². The van der Waals surface area contributed by atoms with Crippen LogP contribution in [0.25, 0.3) is 0 Å². The molecule has 1 aromatic heterocycles. The van der Waals surface area contributed by atoms with Gasteiger partial charge >= 0.3 is 6.03 Å². The number of fused-ring (bicyclic) bond motifs is 3. The van der Waals surface area contributed by atoms with E-state index in [1.165, 1.54) is 0 Å². The Morgan fingerprint density at radius 2 is 1.77 bits per heavy atom. The summed E-state index contributed by atoms with van der Waals surface area (Å²) in [6.07, 6.45) is 6.88. The number of hydrazone groups is 1. The highest BCUT2D eigenvalue weighted by molar-refractivity contribution is 7.12. The average Bonchev–Trinajstić information content (AvgIpc) is 3.61. The summed E-state index contributed by atoms with van der Waals surface area (Å²) in [5.41, 5.74) is 4.31. The van der Waals surface area contributed by atoms with Gasteiger partial charge in [-0.25, -0.2) is 4.79 Å². The number of piperidine rings is 1. The fraction of sp³-hybridized carbons (Fsp3) is 0.500. The Kier molecular flexibility index (Phi) is 10.8. The van der Waals surface area contributed by atoms with Crippen LogP contribution in [0.2, 0.25) is 0 Å². The van der Waals surface area contributed by atoms with Crippen LogP contribution < -0.4 is 9.47 Å². The number of likely N-dealkylation sites (N-methyl/N-ethyl adjacent to an activating group) is 2. The minimum Gasteiger partial charge on any atom is -0.497 e. The molecule has 2 fully saturated rings. The van der Waals surface area contributed by atoms with Crippen molar-refractivity contribution in [2.75, 3.05) is 40.9 Å². The number of urea groups is 1. The Balaban J connectivity index is 0.00000106. The van der Waals surface area contributed by atoms with Gasteiger partial charge in [0.1, 0.15) is 17.2 Å². The number of nitrogens with zero attached hydrogens (tertiary/aromatic N) is 5. The van der Waals surface area contributed by atoms with Crippen molar-refractivity contribution in [1.29, 1.82) is 0 Å². The lowest BCUT2D eigenvalue weighted by Crippen LogP contribution is -2.55. The second kappa shape index (κ2) is 14.3. The minimum absolute atomic E-state index is 0.00496. The second-order valence-electron chi connectivity index (χ2n) is 10.5. The first-order valence-corrected chi connectivity index (χ1v) is 16.7. The minimum atomic E-state index is -0.431. The Morgan fingerprint density at radius 1 is 1.05 bits per heavy atom. The first kappa shape index (κ1) is 33.1. The molecule has 44 heavy (non-hydrogen) atoms. The lowest BCUT2D eigenvalue weighted by atomic mass is 9.83. The molecular formula is C34H47N5O4S. The van der Waals surface area contributed by atoms with Crippen molar-refractivity contribution >= 4 is 29.0 Å². The maximum atomic E-state index is 13.8. The first-order valence-electron chi connectivity index (χ1n) is 15.8. The van der Waals surface area contributed by atoms with E-state index in [1.54, 1.807) is 30.6 Å². The van der Waals surface area contributed by atoms with Crippen molar-refractivity contribution < 1.29 is 19.1 Å². The van der Waals surface area contributed by atoms with Crippen molar-refractivity contribution in [2.45, 2.75) is 72.4 Å². The third kappa shape index (κ3) is 5.84. The van der Waals surface area contributed by atoms with E-state index in [4.69, 9.17) is 14.6 Å². The van der Waals surface area contributed by atoms with Crippen molar-refractivity contribution in [3.05, 3.63) is 69.2 Å². The number of thiophene rings is 1. The summed E-state index contributed by atoms with van der Waals surface area (Å²) >= 11 is 1.66. The molecule has 10 heteroatoms. The average molecular weight is 622 g/mol. The Bertz CT molecular complexity index is 1420. The number of methoxy groups -OCH3 is 2. The number of hydrogen-bond donors (Lipinski definition) is 0. The molecule has 0 N–H and O–H groups in total. The molecule has 0 radical (unpaired) electrons. The normalized spacial score (nSPS) is 18.5. The maximum absolute atomic E-state index is 13.8. The Labute approximate surface area is 266 Å². The number of amides is 3. The van der Waals surface area contributed by atoms with Crippen LogP contribution in [0, 0.1) is 0 Å². The predicted molar refractivity (Wildman–Crippen MR) is 177 cm³/mol. The van der Waals surface area contributed by atoms with Gasteiger partial charge in [0, 0.05) is 50.4 Å². The zero-order valence-corrected chi connectivity index (χ0v) is 28.3. The highest BCUT2D eigenvalue weighted by Crippen LogP contribution is 2.47. The summed E-state index contributed by atoms with van der Waals surface area (Å²) in [4.78, 5) is 34.4. The molecule has 4 aliphatic rings. The monoisotopic (exact) mass is 621 g/mol. The number of hydrogen-bond acceptors (Lipinski definition) is 7. The smallest absolute Gasteiger partial charge is 0.325 e. The number of ether oxygens (including phenoxy) is 2. The van der Waals surface area contributed by atoms with Crippen molar-refractivity contribution in [3.63, 3.8) is 0 Å².